The summed E-state index contributed by atoms with van der Waals surface area (Å²) in [5, 5.41) is 3.76. The first-order valence-electron chi connectivity index (χ1n) is 6.98. The predicted octanol–water partition coefficient (Wildman–Crippen LogP) is 3.45. The smallest absolute Gasteiger partial charge is 0.364 e. The van der Waals surface area contributed by atoms with Crippen molar-refractivity contribution >= 4 is 16.1 Å². The largest absolute Gasteiger partial charge is 0.417 e. The third-order valence-electron chi connectivity index (χ3n) is 3.83. The molecular weight excluding hydrogens is 347 g/mol. The van der Waals surface area contributed by atoms with Gasteiger partial charge in [-0.05, 0) is 30.5 Å². The van der Waals surface area contributed by atoms with E-state index in [1.807, 2.05) is 0 Å². The third-order valence-corrected chi connectivity index (χ3v) is 4.99. The average Bonchev–Trinajstić information content (AvgIpc) is 3.21. The number of hydrogen-bond acceptors (Lipinski definition) is 5. The third kappa shape index (κ3) is 2.95. The number of aromatic nitrogens is 1. The fraction of sp³-hybridized carbons (Fsp3) is 0.333. The van der Waals surface area contributed by atoms with Crippen molar-refractivity contribution in [2.75, 3.05) is 6.26 Å². The Bertz CT molecular complexity index is 911. The lowest BCUT2D eigenvalue weighted by Crippen LogP contribution is -2.12. The maximum absolute atomic E-state index is 13.5. The van der Waals surface area contributed by atoms with E-state index < -0.39 is 26.5 Å². The molecule has 1 fully saturated rings. The van der Waals surface area contributed by atoms with Crippen LogP contribution in [0.15, 0.2) is 27.8 Å². The first-order valence-corrected chi connectivity index (χ1v) is 8.87. The van der Waals surface area contributed by atoms with Crippen LogP contribution in [0, 0.1) is 0 Å². The summed E-state index contributed by atoms with van der Waals surface area (Å²) in [4.78, 5) is 10.5. The van der Waals surface area contributed by atoms with Gasteiger partial charge in [-0.1, -0.05) is 5.16 Å². The fourth-order valence-electron chi connectivity index (χ4n) is 2.57. The number of hydrogen-bond donors (Lipinski definition) is 0. The Labute approximate surface area is 135 Å². The van der Waals surface area contributed by atoms with Crippen LogP contribution in [-0.2, 0) is 16.0 Å². The molecule has 0 radical (unpaired) electrons. The van der Waals surface area contributed by atoms with Gasteiger partial charge in [-0.25, -0.2) is 8.42 Å². The van der Waals surface area contributed by atoms with E-state index in [1.165, 1.54) is 0 Å². The summed E-state index contributed by atoms with van der Waals surface area (Å²) in [6, 6.07) is 1.43. The number of benzene rings is 1. The van der Waals surface area contributed by atoms with Crippen LogP contribution < -0.4 is 0 Å². The quantitative estimate of drug-likeness (QED) is 0.782. The molecule has 2 aromatic rings. The predicted molar refractivity (Wildman–Crippen MR) is 77.4 cm³/mol. The SMILES string of the molecule is CS(=O)(=O)c1cc(C(F)(F)F)c(-c2conc2C2CC2)cc1C=O. The number of aldehydes is 1. The molecule has 3 rings (SSSR count). The molecule has 1 saturated carbocycles. The highest BCUT2D eigenvalue weighted by atomic mass is 32.2. The number of rotatable bonds is 4. The van der Waals surface area contributed by atoms with Crippen LogP contribution in [-0.4, -0.2) is 26.1 Å². The molecule has 0 spiro atoms. The molecule has 128 valence electrons. The molecule has 0 saturated heterocycles. The van der Waals surface area contributed by atoms with Crippen molar-refractivity contribution < 1.29 is 30.9 Å². The van der Waals surface area contributed by atoms with Crippen molar-refractivity contribution in [3.05, 3.63) is 35.2 Å². The second-order valence-electron chi connectivity index (χ2n) is 5.71. The number of carbonyl (C=O) groups excluding carboxylic acids is 1. The van der Waals surface area contributed by atoms with Crippen molar-refractivity contribution in [3.8, 4) is 11.1 Å². The van der Waals surface area contributed by atoms with E-state index in [2.05, 4.69) is 5.16 Å². The van der Waals surface area contributed by atoms with Gasteiger partial charge in [0.2, 0.25) is 0 Å². The molecule has 1 heterocycles. The molecule has 24 heavy (non-hydrogen) atoms. The van der Waals surface area contributed by atoms with Crippen molar-refractivity contribution in [1.82, 2.24) is 5.16 Å². The lowest BCUT2D eigenvalue weighted by molar-refractivity contribution is -0.137. The van der Waals surface area contributed by atoms with E-state index in [-0.39, 0.29) is 28.9 Å². The summed E-state index contributed by atoms with van der Waals surface area (Å²) in [6.45, 7) is 0. The van der Waals surface area contributed by atoms with Crippen LogP contribution in [0.1, 0.15) is 40.4 Å². The minimum Gasteiger partial charge on any atom is -0.364 e. The normalized spacial score (nSPS) is 15.5. The van der Waals surface area contributed by atoms with Gasteiger partial charge in [-0.2, -0.15) is 13.2 Å². The highest BCUT2D eigenvalue weighted by Gasteiger charge is 2.38. The Kier molecular flexibility index (Phi) is 3.78. The summed E-state index contributed by atoms with van der Waals surface area (Å²) in [6.07, 6.45) is -1.14. The Morgan fingerprint density at radius 1 is 1.25 bits per heavy atom. The zero-order valence-electron chi connectivity index (χ0n) is 12.4. The monoisotopic (exact) mass is 359 g/mol. The molecule has 0 N–H and O–H groups in total. The summed E-state index contributed by atoms with van der Waals surface area (Å²) in [5.74, 6) is 0.0223. The van der Waals surface area contributed by atoms with E-state index in [1.54, 1.807) is 0 Å². The average molecular weight is 359 g/mol. The molecule has 0 amide bonds. The zero-order valence-corrected chi connectivity index (χ0v) is 13.2. The van der Waals surface area contributed by atoms with Crippen molar-refractivity contribution in [3.63, 3.8) is 0 Å². The lowest BCUT2D eigenvalue weighted by atomic mass is 9.96. The Morgan fingerprint density at radius 3 is 2.42 bits per heavy atom. The van der Waals surface area contributed by atoms with Gasteiger partial charge in [0, 0.05) is 23.3 Å². The molecule has 0 aliphatic heterocycles. The minimum atomic E-state index is -4.80. The fourth-order valence-corrected chi connectivity index (χ4v) is 3.43. The summed E-state index contributed by atoms with van der Waals surface area (Å²) in [7, 11) is -4.00. The summed E-state index contributed by atoms with van der Waals surface area (Å²) < 4.78 is 68.6. The van der Waals surface area contributed by atoms with Gasteiger partial charge in [0.05, 0.1) is 16.2 Å². The van der Waals surface area contributed by atoms with Crippen molar-refractivity contribution in [1.29, 1.82) is 0 Å². The van der Waals surface area contributed by atoms with Gasteiger partial charge in [-0.15, -0.1) is 0 Å². The Morgan fingerprint density at radius 2 is 1.92 bits per heavy atom. The molecular formula is C15H12F3NO4S. The Balaban J connectivity index is 2.32. The van der Waals surface area contributed by atoms with E-state index >= 15 is 0 Å². The van der Waals surface area contributed by atoms with Crippen LogP contribution in [0.3, 0.4) is 0 Å². The van der Waals surface area contributed by atoms with Crippen LogP contribution >= 0.6 is 0 Å². The van der Waals surface area contributed by atoms with Gasteiger partial charge >= 0.3 is 6.18 Å². The Hall–Kier alpha value is -2.16. The molecule has 5 nitrogen and oxygen atoms in total. The minimum absolute atomic E-state index is 0.0223. The number of carbonyl (C=O) groups is 1. The maximum atomic E-state index is 13.5. The van der Waals surface area contributed by atoms with Gasteiger partial charge in [-0.3, -0.25) is 4.79 Å². The van der Waals surface area contributed by atoms with E-state index in [9.17, 15) is 26.4 Å². The van der Waals surface area contributed by atoms with Gasteiger partial charge in [0.1, 0.15) is 6.26 Å². The lowest BCUT2D eigenvalue weighted by Gasteiger charge is -2.15. The highest BCUT2D eigenvalue weighted by Crippen LogP contribution is 2.46. The number of nitrogens with zero attached hydrogens (tertiary/aromatic N) is 1. The molecule has 0 atom stereocenters. The number of halogens is 3. The highest BCUT2D eigenvalue weighted by molar-refractivity contribution is 7.90. The van der Waals surface area contributed by atoms with Crippen LogP contribution in [0.25, 0.3) is 11.1 Å². The summed E-state index contributed by atoms with van der Waals surface area (Å²) >= 11 is 0. The van der Waals surface area contributed by atoms with Gasteiger partial charge in [0.15, 0.2) is 16.1 Å². The standard InChI is InChI=1S/C15H12F3NO4S/c1-24(21,22)13-5-12(15(16,17)18)10(4-9(13)6-20)11-7-23-19-14(11)8-2-3-8/h4-8H,2-3H2,1H3. The van der Waals surface area contributed by atoms with Gasteiger partial charge < -0.3 is 4.52 Å². The second-order valence-corrected chi connectivity index (χ2v) is 7.70. The molecule has 0 unspecified atom stereocenters. The molecule has 1 aromatic heterocycles. The zero-order chi connectivity index (χ0) is 17.7. The maximum Gasteiger partial charge on any atom is 0.417 e. The molecule has 1 aromatic carbocycles. The van der Waals surface area contributed by atoms with Crippen LogP contribution in [0.5, 0.6) is 0 Å². The first-order chi connectivity index (χ1) is 11.1. The van der Waals surface area contributed by atoms with Gasteiger partial charge in [0.25, 0.3) is 0 Å². The van der Waals surface area contributed by atoms with Crippen LogP contribution in [0.4, 0.5) is 13.2 Å². The topological polar surface area (TPSA) is 77.2 Å². The molecule has 1 aliphatic rings. The molecule has 1 aliphatic carbocycles. The van der Waals surface area contributed by atoms with E-state index in [4.69, 9.17) is 4.52 Å². The van der Waals surface area contributed by atoms with Crippen molar-refractivity contribution in [2.45, 2.75) is 29.8 Å². The van der Waals surface area contributed by atoms with Crippen LogP contribution in [0.2, 0.25) is 0 Å². The number of sulfone groups is 1. The molecule has 9 heteroatoms. The van der Waals surface area contributed by atoms with E-state index in [0.29, 0.717) is 11.8 Å². The second kappa shape index (κ2) is 5.44. The van der Waals surface area contributed by atoms with Crippen molar-refractivity contribution in [2.24, 2.45) is 0 Å². The first kappa shape index (κ1) is 16.7. The summed E-state index contributed by atoms with van der Waals surface area (Å²) in [5.41, 5.74) is -1.25. The number of alkyl halides is 3. The van der Waals surface area contributed by atoms with E-state index in [0.717, 1.165) is 31.4 Å². The molecule has 0 bridgehead atoms.